The van der Waals surface area contributed by atoms with E-state index in [1.54, 1.807) is 0 Å². The lowest BCUT2D eigenvalue weighted by Gasteiger charge is -2.12. The van der Waals surface area contributed by atoms with Crippen LogP contribution in [0.15, 0.2) is 11.0 Å². The van der Waals surface area contributed by atoms with E-state index >= 15 is 0 Å². The van der Waals surface area contributed by atoms with E-state index in [1.165, 1.54) is 22.5 Å². The van der Waals surface area contributed by atoms with Crippen LogP contribution in [-0.2, 0) is 4.74 Å². The van der Waals surface area contributed by atoms with Crippen molar-refractivity contribution in [3.63, 3.8) is 0 Å². The highest BCUT2D eigenvalue weighted by Gasteiger charge is 2.29. The second-order valence-corrected chi connectivity index (χ2v) is 5.88. The Morgan fingerprint density at radius 2 is 2.50 bits per heavy atom. The molecule has 3 heterocycles. The normalized spacial score (nSPS) is 23.8. The topological polar surface area (TPSA) is 103 Å². The predicted molar refractivity (Wildman–Crippen MR) is 69.5 cm³/mol. The molecule has 2 aromatic heterocycles. The van der Waals surface area contributed by atoms with Gasteiger partial charge in [-0.15, -0.1) is 11.8 Å². The highest BCUT2D eigenvalue weighted by molar-refractivity contribution is 8.00. The summed E-state index contributed by atoms with van der Waals surface area (Å²) in [6.45, 7) is -0.0743. The Balaban J connectivity index is 2.08. The molecule has 0 spiro atoms. The molecule has 0 aromatic carbocycles. The van der Waals surface area contributed by atoms with Gasteiger partial charge in [0.1, 0.15) is 11.7 Å². The molecule has 0 aliphatic carbocycles. The molecule has 3 N–H and O–H groups in total. The smallest absolute Gasteiger partial charge is 0.311 e. The number of nitrogen functional groups attached to an aromatic ring is 1. The van der Waals surface area contributed by atoms with Crippen molar-refractivity contribution in [3.8, 4) is 0 Å². The van der Waals surface area contributed by atoms with Crippen molar-refractivity contribution < 1.29 is 9.84 Å². The summed E-state index contributed by atoms with van der Waals surface area (Å²) in [6.07, 6.45) is 1.12. The minimum atomic E-state index is -0.414. The zero-order valence-electron chi connectivity index (χ0n) is 9.15. The number of hydrogen-bond donors (Lipinski definition) is 2. The summed E-state index contributed by atoms with van der Waals surface area (Å²) in [4.78, 5) is 19.7. The molecule has 2 atom stereocenters. The number of hydrogen-bond acceptors (Lipinski definition) is 8. The molecular weight excluding hydrogens is 276 g/mol. The van der Waals surface area contributed by atoms with Crippen LogP contribution < -0.4 is 10.6 Å². The van der Waals surface area contributed by atoms with Gasteiger partial charge in [0, 0.05) is 5.75 Å². The maximum absolute atomic E-state index is 12.0. The molecule has 2 unspecified atom stereocenters. The lowest BCUT2D eigenvalue weighted by atomic mass is 10.5. The Labute approximate surface area is 110 Å². The molecular formula is C9H10N4O3S2. The number of ether oxygens (including phenoxy) is 1. The molecule has 1 saturated heterocycles. The molecule has 2 aromatic rings. The van der Waals surface area contributed by atoms with E-state index in [9.17, 15) is 4.79 Å². The quantitative estimate of drug-likeness (QED) is 0.801. The van der Waals surface area contributed by atoms with Gasteiger partial charge in [0.05, 0.1) is 17.5 Å². The maximum Gasteiger partial charge on any atom is 0.311 e. The molecule has 1 aliphatic rings. The first-order valence-corrected chi connectivity index (χ1v) is 7.07. The van der Waals surface area contributed by atoms with Gasteiger partial charge in [-0.2, -0.15) is 4.98 Å². The van der Waals surface area contributed by atoms with Gasteiger partial charge in [-0.3, -0.25) is 9.36 Å². The van der Waals surface area contributed by atoms with E-state index < -0.39 is 6.23 Å². The highest BCUT2D eigenvalue weighted by Crippen LogP contribution is 2.32. The van der Waals surface area contributed by atoms with E-state index in [4.69, 9.17) is 15.6 Å². The van der Waals surface area contributed by atoms with Gasteiger partial charge in [0.25, 0.3) is 0 Å². The van der Waals surface area contributed by atoms with Crippen LogP contribution >= 0.6 is 23.1 Å². The van der Waals surface area contributed by atoms with Gasteiger partial charge in [-0.05, 0) is 0 Å². The van der Waals surface area contributed by atoms with E-state index in [0.29, 0.717) is 16.1 Å². The van der Waals surface area contributed by atoms with E-state index in [1.807, 2.05) is 0 Å². The van der Waals surface area contributed by atoms with Crippen molar-refractivity contribution >= 4 is 39.4 Å². The number of aliphatic hydroxyl groups excluding tert-OH is 1. The summed E-state index contributed by atoms with van der Waals surface area (Å²) in [5.74, 6) is 0.722. The van der Waals surface area contributed by atoms with Crippen LogP contribution in [-0.4, -0.2) is 37.4 Å². The number of thioether (sulfide) groups is 1. The van der Waals surface area contributed by atoms with Gasteiger partial charge in [-0.25, -0.2) is 4.98 Å². The van der Waals surface area contributed by atoms with Gasteiger partial charge >= 0.3 is 4.87 Å². The largest absolute Gasteiger partial charge is 0.393 e. The fraction of sp³-hybridized carbons (Fsp3) is 0.444. The van der Waals surface area contributed by atoms with Gasteiger partial charge in [0.15, 0.2) is 5.65 Å². The van der Waals surface area contributed by atoms with Gasteiger partial charge in [-0.1, -0.05) is 11.3 Å². The number of nitrogens with two attached hydrogens (primary N) is 1. The van der Waals surface area contributed by atoms with Crippen LogP contribution in [0, 0.1) is 0 Å². The first kappa shape index (κ1) is 11.9. The Morgan fingerprint density at radius 1 is 1.67 bits per heavy atom. The zero-order chi connectivity index (χ0) is 12.7. The SMILES string of the molecule is Nc1ncc2sc(=O)n(C3CSC(CO)O3)c2n1. The average Bonchev–Trinajstić information content (AvgIpc) is 2.92. The predicted octanol–water partition coefficient (Wildman–Crippen LogP) is 0.0156. The number of aliphatic hydroxyl groups is 1. The highest BCUT2D eigenvalue weighted by atomic mass is 32.2. The molecule has 0 amide bonds. The number of thiazole rings is 1. The van der Waals surface area contributed by atoms with Crippen molar-refractivity contribution in [1.29, 1.82) is 0 Å². The third-order valence-corrected chi connectivity index (χ3v) is 4.54. The number of anilines is 1. The average molecular weight is 286 g/mol. The second kappa shape index (κ2) is 4.50. The van der Waals surface area contributed by atoms with Crippen LogP contribution in [0.5, 0.6) is 0 Å². The Morgan fingerprint density at radius 3 is 3.22 bits per heavy atom. The number of fused-ring (bicyclic) bond motifs is 1. The van der Waals surface area contributed by atoms with E-state index in [0.717, 1.165) is 11.3 Å². The Hall–Kier alpha value is -1.16. The van der Waals surface area contributed by atoms with Crippen molar-refractivity contribution in [3.05, 3.63) is 15.9 Å². The van der Waals surface area contributed by atoms with Gasteiger partial charge < -0.3 is 15.6 Å². The lowest BCUT2D eigenvalue weighted by Crippen LogP contribution is -2.22. The number of nitrogens with zero attached hydrogens (tertiary/aromatic N) is 3. The second-order valence-electron chi connectivity index (χ2n) is 3.69. The summed E-state index contributed by atoms with van der Waals surface area (Å²) < 4.78 is 7.71. The van der Waals surface area contributed by atoms with Crippen molar-refractivity contribution in [2.24, 2.45) is 0 Å². The van der Waals surface area contributed by atoms with Crippen LogP contribution in [0.4, 0.5) is 5.95 Å². The van der Waals surface area contributed by atoms with Crippen molar-refractivity contribution in [2.45, 2.75) is 11.7 Å². The first-order valence-electron chi connectivity index (χ1n) is 5.20. The lowest BCUT2D eigenvalue weighted by molar-refractivity contribution is -0.00274. The third-order valence-electron chi connectivity index (χ3n) is 2.55. The minimum absolute atomic E-state index is 0.0743. The summed E-state index contributed by atoms with van der Waals surface area (Å²) in [6, 6.07) is 0. The van der Waals surface area contributed by atoms with Crippen LogP contribution in [0.1, 0.15) is 6.23 Å². The number of rotatable bonds is 2. The minimum Gasteiger partial charge on any atom is -0.393 e. The molecule has 96 valence electrons. The van der Waals surface area contributed by atoms with Gasteiger partial charge in [0.2, 0.25) is 5.95 Å². The summed E-state index contributed by atoms with van der Waals surface area (Å²) in [5, 5.41) is 9.03. The molecule has 3 rings (SSSR count). The summed E-state index contributed by atoms with van der Waals surface area (Å²) in [5.41, 5.74) is 5.73. The van der Waals surface area contributed by atoms with Crippen LogP contribution in [0.25, 0.3) is 10.3 Å². The fourth-order valence-electron chi connectivity index (χ4n) is 1.78. The molecule has 18 heavy (non-hydrogen) atoms. The fourth-order valence-corrected chi connectivity index (χ4v) is 3.53. The molecule has 0 bridgehead atoms. The molecule has 9 heteroatoms. The molecule has 0 radical (unpaired) electrons. The Kier molecular flexibility index (Phi) is 2.98. The van der Waals surface area contributed by atoms with Crippen molar-refractivity contribution in [2.75, 3.05) is 18.1 Å². The van der Waals surface area contributed by atoms with Crippen LogP contribution in [0.3, 0.4) is 0 Å². The van der Waals surface area contributed by atoms with Crippen molar-refractivity contribution in [1.82, 2.24) is 14.5 Å². The Bertz CT molecular complexity index is 640. The summed E-state index contributed by atoms with van der Waals surface area (Å²) in [7, 11) is 0. The molecule has 1 fully saturated rings. The maximum atomic E-state index is 12.0. The third kappa shape index (κ3) is 1.88. The standard InChI is InChI=1S/C9H10N4O3S2/c10-8-11-1-4-7(12-8)13(9(15)18-4)5-3-17-6(2-14)16-5/h1,5-6,14H,2-3H2,(H2,10,11,12). The monoisotopic (exact) mass is 286 g/mol. The summed E-state index contributed by atoms with van der Waals surface area (Å²) >= 11 is 2.53. The zero-order valence-corrected chi connectivity index (χ0v) is 10.8. The first-order chi connectivity index (χ1) is 8.69. The van der Waals surface area contributed by atoms with E-state index in [2.05, 4.69) is 9.97 Å². The van der Waals surface area contributed by atoms with E-state index in [-0.39, 0.29) is 22.9 Å². The van der Waals surface area contributed by atoms with Crippen LogP contribution in [0.2, 0.25) is 0 Å². The molecule has 1 aliphatic heterocycles. The molecule has 0 saturated carbocycles. The molecule has 7 nitrogen and oxygen atoms in total. The number of aromatic nitrogens is 3.